The number of thioether (sulfide) groups is 1. The molecule has 1 aromatic carbocycles. The monoisotopic (exact) mass is 279 g/mol. The molecule has 1 N–H and O–H groups in total. The maximum atomic E-state index is 11.1. The van der Waals surface area contributed by atoms with Gasteiger partial charge in [-0.15, -0.1) is 11.8 Å². The molecule has 2 nitrogen and oxygen atoms in total. The molecule has 1 rings (SSSR count). The maximum Gasteiger partial charge on any atom is 0.216 e. The Balaban J connectivity index is 2.41. The van der Waals surface area contributed by atoms with Crippen molar-refractivity contribution in [2.24, 2.45) is 0 Å². The minimum Gasteiger partial charge on any atom is -0.355 e. The SMILES string of the molecule is CCCCCCC(CNC(C)=O)Sc1ccccc1. The average molecular weight is 279 g/mol. The Bertz CT molecular complexity index is 353. The predicted molar refractivity (Wildman–Crippen MR) is 83.5 cm³/mol. The van der Waals surface area contributed by atoms with E-state index in [-0.39, 0.29) is 5.91 Å². The lowest BCUT2D eigenvalue weighted by atomic mass is 10.1. The minimum atomic E-state index is 0.0622. The Morgan fingerprint density at radius 3 is 2.58 bits per heavy atom. The van der Waals surface area contributed by atoms with Crippen LogP contribution in [0.1, 0.15) is 46.0 Å². The average Bonchev–Trinajstić information content (AvgIpc) is 2.41. The largest absolute Gasteiger partial charge is 0.355 e. The topological polar surface area (TPSA) is 29.1 Å². The molecule has 106 valence electrons. The van der Waals surface area contributed by atoms with Gasteiger partial charge < -0.3 is 5.32 Å². The number of benzene rings is 1. The van der Waals surface area contributed by atoms with Crippen LogP contribution in [-0.4, -0.2) is 17.7 Å². The van der Waals surface area contributed by atoms with E-state index < -0.39 is 0 Å². The summed E-state index contributed by atoms with van der Waals surface area (Å²) in [6, 6.07) is 10.4. The highest BCUT2D eigenvalue weighted by molar-refractivity contribution is 8.00. The first kappa shape index (κ1) is 16.1. The van der Waals surface area contributed by atoms with Gasteiger partial charge in [0.15, 0.2) is 0 Å². The highest BCUT2D eigenvalue weighted by atomic mass is 32.2. The number of hydrogen-bond acceptors (Lipinski definition) is 2. The summed E-state index contributed by atoms with van der Waals surface area (Å²) in [5, 5.41) is 3.42. The van der Waals surface area contributed by atoms with Gasteiger partial charge in [-0.1, -0.05) is 50.8 Å². The molecule has 0 fully saturated rings. The molecule has 0 aromatic heterocycles. The first-order valence-corrected chi connectivity index (χ1v) is 8.06. The molecule has 0 bridgehead atoms. The van der Waals surface area contributed by atoms with Gasteiger partial charge in [-0.3, -0.25) is 4.79 Å². The summed E-state index contributed by atoms with van der Waals surface area (Å²) in [5.41, 5.74) is 0. The van der Waals surface area contributed by atoms with Crippen molar-refractivity contribution in [1.29, 1.82) is 0 Å². The van der Waals surface area contributed by atoms with E-state index in [0.717, 1.165) is 6.54 Å². The third kappa shape index (κ3) is 7.93. The van der Waals surface area contributed by atoms with Crippen LogP contribution in [0.25, 0.3) is 0 Å². The van der Waals surface area contributed by atoms with Gasteiger partial charge in [-0.25, -0.2) is 0 Å². The summed E-state index contributed by atoms with van der Waals surface area (Å²) in [5.74, 6) is 0.0622. The molecular weight excluding hydrogens is 254 g/mol. The zero-order valence-electron chi connectivity index (χ0n) is 12.0. The zero-order chi connectivity index (χ0) is 13.9. The van der Waals surface area contributed by atoms with E-state index in [2.05, 4.69) is 36.5 Å². The van der Waals surface area contributed by atoms with Crippen LogP contribution in [0.3, 0.4) is 0 Å². The van der Waals surface area contributed by atoms with Crippen LogP contribution in [0, 0.1) is 0 Å². The Kier molecular flexibility index (Phi) is 8.39. The summed E-state index contributed by atoms with van der Waals surface area (Å²) in [7, 11) is 0. The third-order valence-corrected chi connectivity index (χ3v) is 4.28. The van der Waals surface area contributed by atoms with Crippen LogP contribution < -0.4 is 5.32 Å². The van der Waals surface area contributed by atoms with Gasteiger partial charge in [0.2, 0.25) is 5.91 Å². The lowest BCUT2D eigenvalue weighted by Crippen LogP contribution is -2.28. The molecular formula is C16H25NOS. The van der Waals surface area contributed by atoms with E-state index in [1.54, 1.807) is 6.92 Å². The summed E-state index contributed by atoms with van der Waals surface area (Å²) < 4.78 is 0. The number of carbonyl (C=O) groups is 1. The first-order chi connectivity index (χ1) is 9.22. The number of nitrogens with one attached hydrogen (secondary N) is 1. The zero-order valence-corrected chi connectivity index (χ0v) is 12.8. The molecule has 19 heavy (non-hydrogen) atoms. The van der Waals surface area contributed by atoms with Gasteiger partial charge in [0.25, 0.3) is 0 Å². The van der Waals surface area contributed by atoms with Crippen LogP contribution in [0.4, 0.5) is 0 Å². The van der Waals surface area contributed by atoms with Crippen molar-refractivity contribution in [2.45, 2.75) is 56.1 Å². The molecule has 0 saturated heterocycles. The van der Waals surface area contributed by atoms with E-state index >= 15 is 0 Å². The Morgan fingerprint density at radius 2 is 1.95 bits per heavy atom. The molecule has 0 aliphatic heterocycles. The van der Waals surface area contributed by atoms with E-state index in [1.807, 2.05) is 17.8 Å². The fraction of sp³-hybridized carbons (Fsp3) is 0.562. The Hall–Kier alpha value is -0.960. The van der Waals surface area contributed by atoms with Gasteiger partial charge >= 0.3 is 0 Å². The smallest absolute Gasteiger partial charge is 0.216 e. The fourth-order valence-corrected chi connectivity index (χ4v) is 3.10. The summed E-state index contributed by atoms with van der Waals surface area (Å²) in [6.07, 6.45) is 6.28. The Morgan fingerprint density at radius 1 is 1.21 bits per heavy atom. The third-order valence-electron chi connectivity index (χ3n) is 3.00. The van der Waals surface area contributed by atoms with Crippen molar-refractivity contribution in [1.82, 2.24) is 5.32 Å². The molecule has 0 aliphatic rings. The summed E-state index contributed by atoms with van der Waals surface area (Å²) >= 11 is 1.87. The number of amides is 1. The van der Waals surface area contributed by atoms with E-state index in [4.69, 9.17) is 0 Å². The highest BCUT2D eigenvalue weighted by Crippen LogP contribution is 2.26. The van der Waals surface area contributed by atoms with Crippen LogP contribution in [0.2, 0.25) is 0 Å². The predicted octanol–water partition coefficient (Wildman–Crippen LogP) is 4.25. The lowest BCUT2D eigenvalue weighted by Gasteiger charge is -2.16. The van der Waals surface area contributed by atoms with Crippen LogP contribution in [-0.2, 0) is 4.79 Å². The van der Waals surface area contributed by atoms with E-state index in [9.17, 15) is 4.79 Å². The number of carbonyl (C=O) groups excluding carboxylic acids is 1. The molecule has 0 radical (unpaired) electrons. The lowest BCUT2D eigenvalue weighted by molar-refractivity contribution is -0.118. The van der Waals surface area contributed by atoms with Crippen molar-refractivity contribution in [3.05, 3.63) is 30.3 Å². The van der Waals surface area contributed by atoms with Crippen molar-refractivity contribution in [3.8, 4) is 0 Å². The van der Waals surface area contributed by atoms with Crippen molar-refractivity contribution in [3.63, 3.8) is 0 Å². The summed E-state index contributed by atoms with van der Waals surface area (Å²) in [6.45, 7) is 4.58. The van der Waals surface area contributed by atoms with Gasteiger partial charge in [0, 0.05) is 23.6 Å². The van der Waals surface area contributed by atoms with Crippen LogP contribution >= 0.6 is 11.8 Å². The van der Waals surface area contributed by atoms with Crippen LogP contribution in [0.5, 0.6) is 0 Å². The van der Waals surface area contributed by atoms with Gasteiger partial charge in [-0.05, 0) is 18.6 Å². The van der Waals surface area contributed by atoms with E-state index in [0.29, 0.717) is 5.25 Å². The fourth-order valence-electron chi connectivity index (χ4n) is 1.95. The second-order valence-corrected chi connectivity index (χ2v) is 6.21. The minimum absolute atomic E-state index is 0.0622. The standard InChI is InChI=1S/C16H25NOS/c1-3-4-5-7-12-16(13-17-14(2)18)19-15-10-8-6-9-11-15/h6,8-11,16H,3-5,7,12-13H2,1-2H3,(H,17,18). The molecule has 0 aliphatic carbocycles. The quantitative estimate of drug-likeness (QED) is 0.541. The number of rotatable bonds is 9. The molecule has 3 heteroatoms. The molecule has 0 spiro atoms. The summed E-state index contributed by atoms with van der Waals surface area (Å²) in [4.78, 5) is 12.3. The Labute approximate surface area is 121 Å². The van der Waals surface area contributed by atoms with E-state index in [1.165, 1.54) is 37.0 Å². The number of hydrogen-bond donors (Lipinski definition) is 1. The molecule has 1 amide bonds. The normalized spacial score (nSPS) is 12.1. The van der Waals surface area contributed by atoms with Crippen LogP contribution in [0.15, 0.2) is 35.2 Å². The maximum absolute atomic E-state index is 11.1. The van der Waals surface area contributed by atoms with Gasteiger partial charge in [-0.2, -0.15) is 0 Å². The van der Waals surface area contributed by atoms with Gasteiger partial charge in [0.05, 0.1) is 0 Å². The first-order valence-electron chi connectivity index (χ1n) is 7.18. The molecule has 1 aromatic rings. The van der Waals surface area contributed by atoms with Crippen molar-refractivity contribution < 1.29 is 4.79 Å². The number of unbranched alkanes of at least 4 members (excludes halogenated alkanes) is 3. The van der Waals surface area contributed by atoms with Crippen molar-refractivity contribution >= 4 is 17.7 Å². The van der Waals surface area contributed by atoms with Crippen molar-refractivity contribution in [2.75, 3.05) is 6.54 Å². The molecule has 1 unspecified atom stereocenters. The molecule has 1 atom stereocenters. The molecule has 0 heterocycles. The second kappa shape index (κ2) is 9.90. The molecule has 0 saturated carbocycles. The second-order valence-electron chi connectivity index (χ2n) is 4.84. The highest BCUT2D eigenvalue weighted by Gasteiger charge is 2.10. The van der Waals surface area contributed by atoms with Gasteiger partial charge in [0.1, 0.15) is 0 Å².